The van der Waals surface area contributed by atoms with Crippen LogP contribution in [0.5, 0.6) is 11.5 Å². The van der Waals surface area contributed by atoms with Crippen LogP contribution in [0.2, 0.25) is 0 Å². The number of methoxy groups -OCH3 is 1. The number of ether oxygens (including phenoxy) is 3. The number of nitrogens with one attached hydrogen (secondary N) is 1. The largest absolute Gasteiger partial charge is 0.493 e. The summed E-state index contributed by atoms with van der Waals surface area (Å²) in [4.78, 5) is 28.6. The van der Waals surface area contributed by atoms with Crippen LogP contribution in [0.1, 0.15) is 68.4 Å². The molecule has 3 N–H and O–H groups in total. The first-order valence-electron chi connectivity index (χ1n) is 15.1. The topological polar surface area (TPSA) is 106 Å². The molecule has 3 aliphatic rings. The lowest BCUT2D eigenvalue weighted by atomic mass is 9.88. The van der Waals surface area contributed by atoms with Crippen LogP contribution in [-0.4, -0.2) is 74.0 Å². The van der Waals surface area contributed by atoms with E-state index in [-0.39, 0.29) is 18.1 Å². The van der Waals surface area contributed by atoms with E-state index in [2.05, 4.69) is 41.7 Å². The van der Waals surface area contributed by atoms with Crippen molar-refractivity contribution in [2.75, 3.05) is 38.6 Å². The van der Waals surface area contributed by atoms with Gasteiger partial charge < -0.3 is 30.2 Å². The number of carbonyl (C=O) groups excluding carboxylic acids is 2. The number of anilines is 1. The van der Waals surface area contributed by atoms with E-state index in [4.69, 9.17) is 19.9 Å². The Morgan fingerprint density at radius 1 is 1.00 bits per heavy atom. The monoisotopic (exact) mass is 564 g/mol. The van der Waals surface area contributed by atoms with E-state index < -0.39 is 6.23 Å². The molecule has 2 aliphatic heterocycles. The molecule has 3 fully saturated rings. The number of amides is 2. The fraction of sp³-hybridized carbons (Fsp3) is 0.562. The Kier molecular flexibility index (Phi) is 9.88. The van der Waals surface area contributed by atoms with Crippen LogP contribution in [0.15, 0.2) is 42.5 Å². The zero-order valence-corrected chi connectivity index (χ0v) is 24.1. The molecular weight excluding hydrogens is 520 g/mol. The minimum absolute atomic E-state index is 0.0557. The van der Waals surface area contributed by atoms with Crippen molar-refractivity contribution in [1.29, 1.82) is 0 Å². The third-order valence-electron chi connectivity index (χ3n) is 8.79. The van der Waals surface area contributed by atoms with Crippen LogP contribution in [0.25, 0.3) is 0 Å². The number of nitrogens with two attached hydrogens (primary N) is 1. The summed E-state index contributed by atoms with van der Waals surface area (Å²) in [6.07, 6.45) is 8.11. The summed E-state index contributed by atoms with van der Waals surface area (Å²) in [7, 11) is 1.66. The first kappa shape index (κ1) is 29.0. The Balaban J connectivity index is 1.17. The van der Waals surface area contributed by atoms with E-state index in [0.717, 1.165) is 61.3 Å². The van der Waals surface area contributed by atoms with E-state index in [1.807, 2.05) is 11.0 Å². The second-order valence-electron chi connectivity index (χ2n) is 11.5. The summed E-state index contributed by atoms with van der Waals surface area (Å²) in [6, 6.07) is 14.8. The van der Waals surface area contributed by atoms with Crippen LogP contribution in [0.3, 0.4) is 0 Å². The molecular formula is C32H44N4O5. The summed E-state index contributed by atoms with van der Waals surface area (Å²) < 4.78 is 17.4. The highest BCUT2D eigenvalue weighted by Crippen LogP contribution is 2.39. The summed E-state index contributed by atoms with van der Waals surface area (Å²) in [5.41, 5.74) is 9.10. The van der Waals surface area contributed by atoms with Crippen LogP contribution in [-0.2, 0) is 16.0 Å². The molecule has 2 heterocycles. The number of likely N-dealkylation sites (tertiary alicyclic amines) is 2. The van der Waals surface area contributed by atoms with Gasteiger partial charge in [-0.15, -0.1) is 0 Å². The van der Waals surface area contributed by atoms with E-state index in [1.54, 1.807) is 12.0 Å². The van der Waals surface area contributed by atoms with Crippen molar-refractivity contribution in [3.63, 3.8) is 0 Å². The zero-order chi connectivity index (χ0) is 28.6. The number of rotatable bonds is 10. The molecule has 222 valence electrons. The lowest BCUT2D eigenvalue weighted by Gasteiger charge is -2.42. The predicted octanol–water partition coefficient (Wildman–Crippen LogP) is 4.89. The predicted molar refractivity (Wildman–Crippen MR) is 158 cm³/mol. The quantitative estimate of drug-likeness (QED) is 0.396. The minimum atomic E-state index is -0.595. The van der Waals surface area contributed by atoms with Gasteiger partial charge in [0.25, 0.3) is 6.47 Å². The number of carbonyl (C=O) groups is 2. The van der Waals surface area contributed by atoms with Gasteiger partial charge in [0.05, 0.1) is 13.2 Å². The van der Waals surface area contributed by atoms with Crippen molar-refractivity contribution in [2.24, 2.45) is 5.73 Å². The molecule has 2 atom stereocenters. The molecule has 9 nitrogen and oxygen atoms in total. The van der Waals surface area contributed by atoms with Gasteiger partial charge in [0.15, 0.2) is 17.7 Å². The van der Waals surface area contributed by atoms with Crippen LogP contribution in [0.4, 0.5) is 10.5 Å². The number of nitrogens with zero attached hydrogens (tertiary/aromatic N) is 2. The van der Waals surface area contributed by atoms with Gasteiger partial charge >= 0.3 is 6.03 Å². The number of hydrogen-bond acceptors (Lipinski definition) is 7. The summed E-state index contributed by atoms with van der Waals surface area (Å²) in [5.74, 6) is 1.65. The van der Waals surface area contributed by atoms with Crippen molar-refractivity contribution in [2.45, 2.75) is 82.1 Å². The Morgan fingerprint density at radius 2 is 1.76 bits per heavy atom. The molecule has 1 saturated carbocycles. The lowest BCUT2D eigenvalue weighted by molar-refractivity contribution is -0.144. The van der Waals surface area contributed by atoms with E-state index in [0.29, 0.717) is 45.1 Å². The molecule has 2 amide bonds. The first-order valence-corrected chi connectivity index (χ1v) is 15.1. The molecule has 2 saturated heterocycles. The zero-order valence-electron chi connectivity index (χ0n) is 24.1. The number of piperidine rings is 2. The number of urea groups is 1. The molecule has 41 heavy (non-hydrogen) atoms. The molecule has 2 aromatic rings. The molecule has 0 bridgehead atoms. The van der Waals surface area contributed by atoms with E-state index in [1.165, 1.54) is 18.4 Å². The normalized spacial score (nSPS) is 21.9. The Hall–Kier alpha value is -3.46. The SMILES string of the molecule is COc1ccc(C2CCN(C(=O)N3CCC(Nc4ccc(CCN)cc4)CC3)C(OC=O)C2)cc1OC1CCCC1. The van der Waals surface area contributed by atoms with Crippen molar-refractivity contribution in [1.82, 2.24) is 9.80 Å². The fourth-order valence-corrected chi connectivity index (χ4v) is 6.43. The maximum absolute atomic E-state index is 13.6. The average molecular weight is 565 g/mol. The van der Waals surface area contributed by atoms with Gasteiger partial charge in [-0.3, -0.25) is 9.69 Å². The summed E-state index contributed by atoms with van der Waals surface area (Å²) >= 11 is 0. The standard InChI is InChI=1S/C32H44N4O5/c1-39-29-11-8-24(20-30(29)41-28-4-2-3-5-28)25-13-19-36(31(21-25)40-22-37)32(38)35-17-14-27(15-18-35)34-26-9-6-23(7-10-26)12-16-33/h6-11,20,22,25,27-28,31,34H,2-5,12-19,21,33H2,1H3. The van der Waals surface area contributed by atoms with Crippen LogP contribution >= 0.6 is 0 Å². The van der Waals surface area contributed by atoms with Crippen molar-refractivity contribution < 1.29 is 23.8 Å². The Morgan fingerprint density at radius 3 is 2.44 bits per heavy atom. The fourth-order valence-electron chi connectivity index (χ4n) is 6.43. The maximum Gasteiger partial charge on any atom is 0.322 e. The molecule has 0 spiro atoms. The van der Waals surface area contributed by atoms with Gasteiger partial charge in [-0.2, -0.15) is 0 Å². The minimum Gasteiger partial charge on any atom is -0.493 e. The molecule has 5 rings (SSSR count). The van der Waals surface area contributed by atoms with Crippen LogP contribution < -0.4 is 20.5 Å². The van der Waals surface area contributed by atoms with E-state index in [9.17, 15) is 9.59 Å². The average Bonchev–Trinajstić information content (AvgIpc) is 3.52. The van der Waals surface area contributed by atoms with Gasteiger partial charge in [0, 0.05) is 37.8 Å². The van der Waals surface area contributed by atoms with Crippen molar-refractivity contribution in [3.8, 4) is 11.5 Å². The summed E-state index contributed by atoms with van der Waals surface area (Å²) in [5, 5.41) is 3.60. The second-order valence-corrected chi connectivity index (χ2v) is 11.5. The maximum atomic E-state index is 13.6. The number of benzene rings is 2. The van der Waals surface area contributed by atoms with Gasteiger partial charge in [-0.1, -0.05) is 18.2 Å². The molecule has 9 heteroatoms. The van der Waals surface area contributed by atoms with Crippen LogP contribution in [0, 0.1) is 0 Å². The van der Waals surface area contributed by atoms with Gasteiger partial charge in [-0.25, -0.2) is 4.79 Å². The molecule has 2 aromatic carbocycles. The highest BCUT2D eigenvalue weighted by molar-refractivity contribution is 5.75. The van der Waals surface area contributed by atoms with E-state index >= 15 is 0 Å². The molecule has 2 unspecified atom stereocenters. The third kappa shape index (κ3) is 7.25. The lowest BCUT2D eigenvalue weighted by Crippen LogP contribution is -2.54. The summed E-state index contributed by atoms with van der Waals surface area (Å²) in [6.45, 7) is 2.96. The number of hydrogen-bond donors (Lipinski definition) is 2. The first-order chi connectivity index (χ1) is 20.1. The molecule has 1 aliphatic carbocycles. The Bertz CT molecular complexity index is 1150. The molecule has 0 aromatic heterocycles. The highest BCUT2D eigenvalue weighted by Gasteiger charge is 2.37. The van der Waals surface area contributed by atoms with Gasteiger partial charge in [0.2, 0.25) is 0 Å². The molecule has 0 radical (unpaired) electrons. The smallest absolute Gasteiger partial charge is 0.322 e. The highest BCUT2D eigenvalue weighted by atomic mass is 16.5. The van der Waals surface area contributed by atoms with Crippen molar-refractivity contribution >= 4 is 18.2 Å². The second kappa shape index (κ2) is 13.9. The Labute approximate surface area is 243 Å². The van der Waals surface area contributed by atoms with Gasteiger partial charge in [-0.05, 0) is 99.2 Å². The van der Waals surface area contributed by atoms with Crippen molar-refractivity contribution in [3.05, 3.63) is 53.6 Å². The van der Waals surface area contributed by atoms with Gasteiger partial charge in [0.1, 0.15) is 0 Å². The third-order valence-corrected chi connectivity index (χ3v) is 8.79.